The van der Waals surface area contributed by atoms with Crippen LogP contribution in [0.4, 0.5) is 0 Å². The lowest BCUT2D eigenvalue weighted by molar-refractivity contribution is 0.0797. The number of hydrogen-bond donors (Lipinski definition) is 0. The average molecular weight is 349 g/mol. The Kier molecular flexibility index (Phi) is 9.93. The normalized spacial score (nSPS) is 33.5. The Morgan fingerprint density at radius 2 is 1.24 bits per heavy atom. The molecule has 2 fully saturated rings. The van der Waals surface area contributed by atoms with Gasteiger partial charge in [0.25, 0.3) is 0 Å². The Balaban J connectivity index is 1.67. The maximum absolute atomic E-state index is 2.47. The van der Waals surface area contributed by atoms with E-state index in [4.69, 9.17) is 0 Å². The summed E-state index contributed by atoms with van der Waals surface area (Å²) in [6.45, 7) is 7.14. The first kappa shape index (κ1) is 21.3. The predicted molar refractivity (Wildman–Crippen MR) is 113 cm³/mol. The molecular weight excluding hydrogens is 300 g/mol. The van der Waals surface area contributed by atoms with E-state index in [0.29, 0.717) is 0 Å². The van der Waals surface area contributed by atoms with Gasteiger partial charge in [0.05, 0.1) is 0 Å². The van der Waals surface area contributed by atoms with Crippen molar-refractivity contribution in [3.8, 4) is 0 Å². The second kappa shape index (κ2) is 11.7. The SMILES string of the molecule is CCCCCCC1(CC)CCC(C2CCC(CCCCC)CC2)CC1. The topological polar surface area (TPSA) is 0 Å². The molecule has 148 valence electrons. The first-order valence-electron chi connectivity index (χ1n) is 12.2. The van der Waals surface area contributed by atoms with Crippen LogP contribution < -0.4 is 0 Å². The molecule has 0 spiro atoms. The molecule has 0 heteroatoms. The van der Waals surface area contributed by atoms with Crippen LogP contribution in [0.1, 0.15) is 136 Å². The van der Waals surface area contributed by atoms with Crippen LogP contribution in [0.15, 0.2) is 0 Å². The van der Waals surface area contributed by atoms with Crippen LogP contribution in [-0.4, -0.2) is 0 Å². The quantitative estimate of drug-likeness (QED) is 0.327. The highest BCUT2D eigenvalue weighted by atomic mass is 14.4. The van der Waals surface area contributed by atoms with Gasteiger partial charge in [-0.05, 0) is 68.1 Å². The maximum Gasteiger partial charge on any atom is -0.0300 e. The minimum absolute atomic E-state index is 0.738. The van der Waals surface area contributed by atoms with Crippen LogP contribution >= 0.6 is 0 Å². The highest BCUT2D eigenvalue weighted by Gasteiger charge is 2.36. The third kappa shape index (κ3) is 6.91. The van der Waals surface area contributed by atoms with Crippen molar-refractivity contribution in [2.45, 2.75) is 136 Å². The van der Waals surface area contributed by atoms with Gasteiger partial charge in [0, 0.05) is 0 Å². The molecule has 0 N–H and O–H groups in total. The molecule has 0 unspecified atom stereocenters. The fourth-order valence-corrected chi connectivity index (χ4v) is 6.06. The first-order chi connectivity index (χ1) is 12.2. The lowest BCUT2D eigenvalue weighted by atomic mass is 9.62. The minimum Gasteiger partial charge on any atom is -0.0654 e. The Bertz CT molecular complexity index is 315. The summed E-state index contributed by atoms with van der Waals surface area (Å²) >= 11 is 0. The third-order valence-electron chi connectivity index (χ3n) is 8.18. The van der Waals surface area contributed by atoms with Crippen molar-refractivity contribution in [2.75, 3.05) is 0 Å². The Labute approximate surface area is 159 Å². The van der Waals surface area contributed by atoms with E-state index >= 15 is 0 Å². The van der Waals surface area contributed by atoms with Gasteiger partial charge in [0.15, 0.2) is 0 Å². The molecule has 2 aliphatic rings. The Hall–Kier alpha value is 0. The number of hydrogen-bond acceptors (Lipinski definition) is 0. The molecule has 0 saturated heterocycles. The molecule has 0 radical (unpaired) electrons. The van der Waals surface area contributed by atoms with Crippen molar-refractivity contribution in [1.82, 2.24) is 0 Å². The van der Waals surface area contributed by atoms with E-state index in [1.807, 2.05) is 0 Å². The zero-order chi connectivity index (χ0) is 18.0. The summed E-state index contributed by atoms with van der Waals surface area (Å²) in [5.41, 5.74) is 0.738. The van der Waals surface area contributed by atoms with Gasteiger partial charge in [0.2, 0.25) is 0 Å². The highest BCUT2D eigenvalue weighted by Crippen LogP contribution is 2.49. The molecule has 25 heavy (non-hydrogen) atoms. The average Bonchev–Trinajstić information content (AvgIpc) is 2.67. The van der Waals surface area contributed by atoms with Crippen LogP contribution in [0.5, 0.6) is 0 Å². The van der Waals surface area contributed by atoms with Gasteiger partial charge in [-0.1, -0.05) is 91.4 Å². The van der Waals surface area contributed by atoms with Gasteiger partial charge >= 0.3 is 0 Å². The molecule has 0 bridgehead atoms. The largest absolute Gasteiger partial charge is 0.0654 e. The van der Waals surface area contributed by atoms with Crippen molar-refractivity contribution in [3.63, 3.8) is 0 Å². The van der Waals surface area contributed by atoms with Gasteiger partial charge in [-0.2, -0.15) is 0 Å². The molecule has 0 aromatic rings. The number of rotatable bonds is 11. The summed E-state index contributed by atoms with van der Waals surface area (Å²) in [7, 11) is 0. The van der Waals surface area contributed by atoms with Crippen molar-refractivity contribution in [3.05, 3.63) is 0 Å². The highest BCUT2D eigenvalue weighted by molar-refractivity contribution is 4.88. The molecule has 0 aliphatic heterocycles. The molecule has 0 atom stereocenters. The lowest BCUT2D eigenvalue weighted by Gasteiger charge is -2.44. The summed E-state index contributed by atoms with van der Waals surface area (Å²) in [6, 6.07) is 0. The van der Waals surface area contributed by atoms with E-state index in [-0.39, 0.29) is 0 Å². The minimum atomic E-state index is 0.738. The Morgan fingerprint density at radius 1 is 0.640 bits per heavy atom. The predicted octanol–water partition coefficient (Wildman–Crippen LogP) is 8.93. The van der Waals surface area contributed by atoms with Crippen molar-refractivity contribution in [2.24, 2.45) is 23.2 Å². The third-order valence-corrected chi connectivity index (χ3v) is 8.18. The summed E-state index contributed by atoms with van der Waals surface area (Å²) < 4.78 is 0. The summed E-state index contributed by atoms with van der Waals surface area (Å²) in [4.78, 5) is 0. The fourth-order valence-electron chi connectivity index (χ4n) is 6.06. The second-order valence-corrected chi connectivity index (χ2v) is 9.78. The smallest absolute Gasteiger partial charge is 0.0300 e. The molecule has 0 heterocycles. The zero-order valence-corrected chi connectivity index (χ0v) is 18.0. The van der Waals surface area contributed by atoms with Crippen LogP contribution in [0.3, 0.4) is 0 Å². The maximum atomic E-state index is 2.47. The van der Waals surface area contributed by atoms with E-state index < -0.39 is 0 Å². The van der Waals surface area contributed by atoms with Crippen LogP contribution in [0, 0.1) is 23.2 Å². The Morgan fingerprint density at radius 3 is 1.84 bits per heavy atom. The van der Waals surface area contributed by atoms with Gasteiger partial charge < -0.3 is 0 Å². The molecule has 2 rings (SSSR count). The van der Waals surface area contributed by atoms with E-state index in [0.717, 1.165) is 23.2 Å². The van der Waals surface area contributed by atoms with E-state index in [2.05, 4.69) is 20.8 Å². The van der Waals surface area contributed by atoms with Crippen molar-refractivity contribution < 1.29 is 0 Å². The van der Waals surface area contributed by atoms with E-state index in [1.165, 1.54) is 64.2 Å². The van der Waals surface area contributed by atoms with Crippen LogP contribution in [0.2, 0.25) is 0 Å². The van der Waals surface area contributed by atoms with Gasteiger partial charge in [-0.3, -0.25) is 0 Å². The molecule has 2 saturated carbocycles. The van der Waals surface area contributed by atoms with Gasteiger partial charge in [0.1, 0.15) is 0 Å². The molecule has 0 nitrogen and oxygen atoms in total. The number of unbranched alkanes of at least 4 members (excludes halogenated alkanes) is 5. The van der Waals surface area contributed by atoms with Crippen LogP contribution in [-0.2, 0) is 0 Å². The van der Waals surface area contributed by atoms with Crippen molar-refractivity contribution >= 4 is 0 Å². The molecule has 0 amide bonds. The zero-order valence-electron chi connectivity index (χ0n) is 18.0. The van der Waals surface area contributed by atoms with Crippen molar-refractivity contribution in [1.29, 1.82) is 0 Å². The summed E-state index contributed by atoms with van der Waals surface area (Å²) in [5.74, 6) is 3.27. The van der Waals surface area contributed by atoms with E-state index in [9.17, 15) is 0 Å². The van der Waals surface area contributed by atoms with Gasteiger partial charge in [-0.15, -0.1) is 0 Å². The first-order valence-corrected chi connectivity index (χ1v) is 12.2. The molecular formula is C25H48. The fraction of sp³-hybridized carbons (Fsp3) is 1.00. The summed E-state index contributed by atoms with van der Waals surface area (Å²) in [5, 5.41) is 0. The lowest BCUT2D eigenvalue weighted by Crippen LogP contribution is -2.31. The standard InChI is InChI=1S/C25H48/c1-4-7-9-11-19-25(6-3)20-17-24(18-21-25)23-15-13-22(14-16-23)12-10-8-5-2/h22-24H,4-21H2,1-3H3. The van der Waals surface area contributed by atoms with Crippen LogP contribution in [0.25, 0.3) is 0 Å². The molecule has 2 aliphatic carbocycles. The van der Waals surface area contributed by atoms with Gasteiger partial charge in [-0.25, -0.2) is 0 Å². The molecule has 0 aromatic carbocycles. The van der Waals surface area contributed by atoms with E-state index in [1.54, 1.807) is 51.4 Å². The summed E-state index contributed by atoms with van der Waals surface area (Å²) in [6.07, 6.45) is 27.1. The monoisotopic (exact) mass is 348 g/mol. The molecule has 0 aromatic heterocycles. The second-order valence-electron chi connectivity index (χ2n) is 9.78.